The molecule has 1 aliphatic heterocycles. The van der Waals surface area contributed by atoms with E-state index >= 15 is 0 Å². The van der Waals surface area contributed by atoms with Gasteiger partial charge in [0.2, 0.25) is 0 Å². The largest absolute Gasteiger partial charge is 0.456 e. The van der Waals surface area contributed by atoms with Gasteiger partial charge in [-0.25, -0.2) is 4.98 Å². The molecular weight excluding hydrogens is 552 g/mol. The van der Waals surface area contributed by atoms with Crippen LogP contribution in [0.5, 0.6) is 11.5 Å². The lowest BCUT2D eigenvalue weighted by molar-refractivity contribution is 0.474. The van der Waals surface area contributed by atoms with E-state index in [2.05, 4.69) is 115 Å². The van der Waals surface area contributed by atoms with E-state index in [4.69, 9.17) is 14.1 Å². The fraction of sp³-hybridized carbons (Fsp3) is 0.0488. The van der Waals surface area contributed by atoms with Crippen molar-refractivity contribution < 1.29 is 9.15 Å². The first-order chi connectivity index (χ1) is 22.3. The van der Waals surface area contributed by atoms with Crippen LogP contribution in [-0.4, -0.2) is 9.55 Å². The molecule has 0 amide bonds. The summed E-state index contributed by atoms with van der Waals surface area (Å²) in [6, 6.07) is 45.1. The summed E-state index contributed by atoms with van der Waals surface area (Å²) >= 11 is 0. The number of hydrogen-bond acceptors (Lipinski definition) is 3. The maximum absolute atomic E-state index is 6.58. The molecule has 0 atom stereocenters. The van der Waals surface area contributed by atoms with Crippen LogP contribution in [0.2, 0.25) is 0 Å². The van der Waals surface area contributed by atoms with Crippen molar-refractivity contribution in [2.24, 2.45) is 0 Å². The third-order valence-electron chi connectivity index (χ3n) is 9.33. The summed E-state index contributed by atoms with van der Waals surface area (Å²) in [5, 5.41) is 7.09. The number of ether oxygens (including phenoxy) is 1. The first-order valence-corrected chi connectivity index (χ1v) is 15.4. The van der Waals surface area contributed by atoms with Gasteiger partial charge in [0, 0.05) is 17.2 Å². The van der Waals surface area contributed by atoms with Gasteiger partial charge in [-0.1, -0.05) is 91.9 Å². The number of para-hydroxylation sites is 2. The van der Waals surface area contributed by atoms with E-state index in [1.54, 1.807) is 0 Å². The highest BCUT2D eigenvalue weighted by atomic mass is 16.5. The molecule has 4 heteroatoms. The Kier molecular flexibility index (Phi) is 4.95. The minimum absolute atomic E-state index is 0.839. The average Bonchev–Trinajstić information content (AvgIpc) is 3.66. The van der Waals surface area contributed by atoms with Crippen LogP contribution in [-0.2, 0) is 6.42 Å². The highest BCUT2D eigenvalue weighted by Gasteiger charge is 2.25. The SMILES string of the molecule is CCc1nc2cccc3c2n1-c1ccc(-c2c4ccccc4c(-c4ccc5c(c4)oc4ccccc45)c4ccccc24)cc1O3. The smallest absolute Gasteiger partial charge is 0.153 e. The third-order valence-corrected chi connectivity index (χ3v) is 9.33. The van der Waals surface area contributed by atoms with Gasteiger partial charge in [0.15, 0.2) is 11.5 Å². The highest BCUT2D eigenvalue weighted by Crippen LogP contribution is 2.47. The zero-order valence-corrected chi connectivity index (χ0v) is 24.5. The van der Waals surface area contributed by atoms with Crippen LogP contribution in [0.1, 0.15) is 12.7 Å². The predicted octanol–water partition coefficient (Wildman–Crippen LogP) is 11.2. The molecule has 0 fully saturated rings. The molecule has 7 aromatic carbocycles. The molecule has 0 saturated carbocycles. The van der Waals surface area contributed by atoms with Crippen LogP contribution < -0.4 is 4.74 Å². The highest BCUT2D eigenvalue weighted by molar-refractivity contribution is 6.22. The molecule has 0 radical (unpaired) electrons. The maximum atomic E-state index is 6.58. The Hall–Kier alpha value is -5.87. The Labute approximate surface area is 258 Å². The zero-order valence-electron chi connectivity index (χ0n) is 24.5. The van der Waals surface area contributed by atoms with Gasteiger partial charge in [-0.15, -0.1) is 0 Å². The molecule has 10 rings (SSSR count). The van der Waals surface area contributed by atoms with Gasteiger partial charge < -0.3 is 9.15 Å². The van der Waals surface area contributed by atoms with Crippen molar-refractivity contribution in [3.05, 3.63) is 133 Å². The van der Waals surface area contributed by atoms with Gasteiger partial charge in [-0.05, 0) is 86.3 Å². The Bertz CT molecular complexity index is 2620. The van der Waals surface area contributed by atoms with E-state index in [-0.39, 0.29) is 0 Å². The third kappa shape index (κ3) is 3.39. The Morgan fingerprint density at radius 2 is 1.18 bits per heavy atom. The Morgan fingerprint density at radius 1 is 0.556 bits per heavy atom. The van der Waals surface area contributed by atoms with Crippen LogP contribution in [0.25, 0.3) is 82.5 Å². The second kappa shape index (κ2) is 9.07. The minimum atomic E-state index is 0.839. The second-order valence-corrected chi connectivity index (χ2v) is 11.8. The zero-order chi connectivity index (χ0) is 29.6. The minimum Gasteiger partial charge on any atom is -0.456 e. The molecule has 3 heterocycles. The maximum Gasteiger partial charge on any atom is 0.153 e. The molecular formula is C41H26N2O2. The van der Waals surface area contributed by atoms with E-state index in [9.17, 15) is 0 Å². The summed E-state index contributed by atoms with van der Waals surface area (Å²) < 4.78 is 15.2. The van der Waals surface area contributed by atoms with Gasteiger partial charge in [0.25, 0.3) is 0 Å². The molecule has 4 nitrogen and oxygen atoms in total. The molecule has 0 saturated heterocycles. The Balaban J connectivity index is 1.23. The standard InChI is InChI=1S/C41H26N2O2/c1-2-38-42-32-15-9-17-35-41(32)43(38)33-21-19-25(23-37(33)45-35)40-30-13-5-3-11-28(30)39(29-12-4-6-14-31(29)40)24-18-20-27-26-10-7-8-16-34(26)44-36(27)22-24/h3-23H,2H2,1H3. The van der Waals surface area contributed by atoms with E-state index in [0.717, 1.165) is 73.5 Å². The first-order valence-electron chi connectivity index (χ1n) is 15.4. The number of aryl methyl sites for hydroxylation is 1. The number of nitrogens with zero attached hydrogens (tertiary/aromatic N) is 2. The Morgan fingerprint density at radius 3 is 1.89 bits per heavy atom. The van der Waals surface area contributed by atoms with Crippen LogP contribution in [0.15, 0.2) is 132 Å². The van der Waals surface area contributed by atoms with Crippen LogP contribution in [0.4, 0.5) is 0 Å². The number of aromatic nitrogens is 2. The molecule has 0 aliphatic carbocycles. The van der Waals surface area contributed by atoms with Gasteiger partial charge >= 0.3 is 0 Å². The van der Waals surface area contributed by atoms with Crippen molar-refractivity contribution in [3.63, 3.8) is 0 Å². The van der Waals surface area contributed by atoms with Gasteiger partial charge in [0.05, 0.1) is 11.2 Å². The number of rotatable bonds is 3. The lowest BCUT2D eigenvalue weighted by atomic mass is 9.85. The molecule has 2 aromatic heterocycles. The van der Waals surface area contributed by atoms with Crippen molar-refractivity contribution in [2.45, 2.75) is 13.3 Å². The molecule has 0 N–H and O–H groups in total. The second-order valence-electron chi connectivity index (χ2n) is 11.8. The normalized spacial score (nSPS) is 12.4. The average molecular weight is 579 g/mol. The van der Waals surface area contributed by atoms with Crippen LogP contribution in [0, 0.1) is 0 Å². The summed E-state index contributed by atoms with van der Waals surface area (Å²) in [4.78, 5) is 4.91. The number of imidazole rings is 1. The molecule has 1 aliphatic rings. The van der Waals surface area contributed by atoms with Crippen molar-refractivity contribution in [2.75, 3.05) is 0 Å². The topological polar surface area (TPSA) is 40.2 Å². The number of benzene rings is 7. The molecule has 0 bridgehead atoms. The number of hydrogen-bond donors (Lipinski definition) is 0. The molecule has 212 valence electrons. The summed E-state index contributed by atoms with van der Waals surface area (Å²) in [6.45, 7) is 2.15. The van der Waals surface area contributed by atoms with E-state index in [1.165, 1.54) is 32.7 Å². The van der Waals surface area contributed by atoms with Crippen LogP contribution in [0.3, 0.4) is 0 Å². The molecule has 9 aromatic rings. The van der Waals surface area contributed by atoms with Crippen molar-refractivity contribution >= 4 is 54.5 Å². The molecule has 45 heavy (non-hydrogen) atoms. The van der Waals surface area contributed by atoms with E-state index in [0.29, 0.717) is 0 Å². The predicted molar refractivity (Wildman–Crippen MR) is 184 cm³/mol. The summed E-state index contributed by atoms with van der Waals surface area (Å²) in [6.07, 6.45) is 0.839. The van der Waals surface area contributed by atoms with Crippen molar-refractivity contribution in [1.82, 2.24) is 9.55 Å². The number of furan rings is 1. The quantitative estimate of drug-likeness (QED) is 0.196. The summed E-state index contributed by atoms with van der Waals surface area (Å²) in [5.74, 6) is 2.72. The van der Waals surface area contributed by atoms with Crippen molar-refractivity contribution in [1.29, 1.82) is 0 Å². The summed E-state index contributed by atoms with van der Waals surface area (Å²) in [7, 11) is 0. The van der Waals surface area contributed by atoms with Gasteiger partial charge in [-0.2, -0.15) is 0 Å². The van der Waals surface area contributed by atoms with E-state index < -0.39 is 0 Å². The fourth-order valence-corrected chi connectivity index (χ4v) is 7.41. The van der Waals surface area contributed by atoms with E-state index in [1.807, 2.05) is 24.3 Å². The van der Waals surface area contributed by atoms with Crippen molar-refractivity contribution in [3.8, 4) is 39.4 Å². The summed E-state index contributed by atoms with van der Waals surface area (Å²) in [5.41, 5.74) is 9.52. The molecule has 0 unspecified atom stereocenters. The lowest BCUT2D eigenvalue weighted by Crippen LogP contribution is -2.07. The van der Waals surface area contributed by atoms with Gasteiger partial charge in [0.1, 0.15) is 22.5 Å². The number of fused-ring (bicyclic) bond motifs is 7. The monoisotopic (exact) mass is 578 g/mol. The fourth-order valence-electron chi connectivity index (χ4n) is 7.41. The van der Waals surface area contributed by atoms with Gasteiger partial charge in [-0.3, -0.25) is 4.57 Å². The first kappa shape index (κ1) is 24.6. The molecule has 0 spiro atoms. The lowest BCUT2D eigenvalue weighted by Gasteiger charge is -2.23. The van der Waals surface area contributed by atoms with Crippen LogP contribution >= 0.6 is 0 Å².